The monoisotopic (exact) mass is 316 g/mol. The first-order valence-corrected chi connectivity index (χ1v) is 7.49. The molecule has 2 aromatic rings. The molecular formula is C16H20N4O3. The summed E-state index contributed by atoms with van der Waals surface area (Å²) >= 11 is 0. The zero-order chi connectivity index (χ0) is 16.8. The first-order valence-electron chi connectivity index (χ1n) is 7.49. The SMILES string of the molecule is CC[C@H](C)[C@H](NC(=O)c1cn(Cc2ccccc2)nn1)C(=O)O. The molecule has 2 rings (SSSR count). The van der Waals surface area contributed by atoms with Crippen LogP contribution in [-0.2, 0) is 11.3 Å². The summed E-state index contributed by atoms with van der Waals surface area (Å²) in [4.78, 5) is 23.4. The maximum atomic E-state index is 12.2. The van der Waals surface area contributed by atoms with Crippen molar-refractivity contribution in [2.24, 2.45) is 5.92 Å². The highest BCUT2D eigenvalue weighted by atomic mass is 16.4. The second-order valence-electron chi connectivity index (χ2n) is 5.46. The number of hydrogen-bond donors (Lipinski definition) is 2. The summed E-state index contributed by atoms with van der Waals surface area (Å²) in [5.41, 5.74) is 1.14. The van der Waals surface area contributed by atoms with Gasteiger partial charge >= 0.3 is 5.97 Å². The van der Waals surface area contributed by atoms with Crippen LogP contribution in [0.25, 0.3) is 0 Å². The van der Waals surface area contributed by atoms with Crippen LogP contribution in [0, 0.1) is 5.92 Å². The fourth-order valence-corrected chi connectivity index (χ4v) is 2.15. The van der Waals surface area contributed by atoms with Gasteiger partial charge in [0.2, 0.25) is 0 Å². The van der Waals surface area contributed by atoms with Crippen molar-refractivity contribution in [1.82, 2.24) is 20.3 Å². The van der Waals surface area contributed by atoms with Gasteiger partial charge in [0.05, 0.1) is 12.7 Å². The Bertz CT molecular complexity index is 669. The van der Waals surface area contributed by atoms with Crippen molar-refractivity contribution in [1.29, 1.82) is 0 Å². The zero-order valence-corrected chi connectivity index (χ0v) is 13.1. The van der Waals surface area contributed by atoms with E-state index in [2.05, 4.69) is 15.6 Å². The molecule has 1 heterocycles. The van der Waals surface area contributed by atoms with E-state index in [9.17, 15) is 14.7 Å². The van der Waals surface area contributed by atoms with Gasteiger partial charge in [0.25, 0.3) is 5.91 Å². The van der Waals surface area contributed by atoms with Crippen LogP contribution in [0.4, 0.5) is 0 Å². The van der Waals surface area contributed by atoms with Gasteiger partial charge in [-0.05, 0) is 11.5 Å². The predicted molar refractivity (Wildman–Crippen MR) is 83.9 cm³/mol. The van der Waals surface area contributed by atoms with Crippen molar-refractivity contribution < 1.29 is 14.7 Å². The summed E-state index contributed by atoms with van der Waals surface area (Å²) in [5, 5.41) is 19.4. The normalized spacial score (nSPS) is 13.3. The van der Waals surface area contributed by atoms with Gasteiger partial charge in [-0.2, -0.15) is 0 Å². The first kappa shape index (κ1) is 16.7. The smallest absolute Gasteiger partial charge is 0.326 e. The molecule has 0 aliphatic heterocycles. The van der Waals surface area contributed by atoms with Gasteiger partial charge < -0.3 is 10.4 Å². The number of aliphatic carboxylic acids is 1. The van der Waals surface area contributed by atoms with Crippen LogP contribution < -0.4 is 5.32 Å². The van der Waals surface area contributed by atoms with E-state index in [4.69, 9.17) is 0 Å². The molecule has 2 N–H and O–H groups in total. The Hall–Kier alpha value is -2.70. The Kier molecular flexibility index (Phi) is 5.46. The quantitative estimate of drug-likeness (QED) is 0.808. The Morgan fingerprint density at radius 3 is 2.61 bits per heavy atom. The largest absolute Gasteiger partial charge is 0.480 e. The molecule has 0 spiro atoms. The van der Waals surface area contributed by atoms with Crippen molar-refractivity contribution in [2.75, 3.05) is 0 Å². The van der Waals surface area contributed by atoms with Crippen LogP contribution in [0.3, 0.4) is 0 Å². The average molecular weight is 316 g/mol. The first-order chi connectivity index (χ1) is 11.0. The number of carbonyl (C=O) groups is 2. The van der Waals surface area contributed by atoms with E-state index in [0.717, 1.165) is 5.56 Å². The molecule has 1 aromatic carbocycles. The van der Waals surface area contributed by atoms with Crippen molar-refractivity contribution >= 4 is 11.9 Å². The number of rotatable bonds is 7. The topological polar surface area (TPSA) is 97.1 Å². The highest BCUT2D eigenvalue weighted by Crippen LogP contribution is 2.09. The van der Waals surface area contributed by atoms with E-state index in [-0.39, 0.29) is 11.6 Å². The molecule has 1 amide bonds. The number of amides is 1. The molecule has 7 heteroatoms. The molecule has 0 radical (unpaired) electrons. The van der Waals surface area contributed by atoms with Crippen molar-refractivity contribution in [3.05, 3.63) is 47.8 Å². The van der Waals surface area contributed by atoms with Gasteiger partial charge in [-0.25, -0.2) is 9.48 Å². The van der Waals surface area contributed by atoms with E-state index in [0.29, 0.717) is 13.0 Å². The van der Waals surface area contributed by atoms with E-state index >= 15 is 0 Å². The fraction of sp³-hybridized carbons (Fsp3) is 0.375. The van der Waals surface area contributed by atoms with Crippen LogP contribution >= 0.6 is 0 Å². The van der Waals surface area contributed by atoms with E-state index in [1.165, 1.54) is 6.20 Å². The molecule has 1 aromatic heterocycles. The molecule has 0 aliphatic rings. The molecule has 2 atom stereocenters. The number of hydrogen-bond acceptors (Lipinski definition) is 4. The van der Waals surface area contributed by atoms with Crippen LogP contribution in [0.2, 0.25) is 0 Å². The minimum atomic E-state index is -1.05. The minimum Gasteiger partial charge on any atom is -0.480 e. The summed E-state index contributed by atoms with van der Waals surface area (Å²) in [5.74, 6) is -1.75. The number of nitrogens with zero attached hydrogens (tertiary/aromatic N) is 3. The van der Waals surface area contributed by atoms with Crippen LogP contribution in [0.15, 0.2) is 36.5 Å². The Morgan fingerprint density at radius 2 is 2.00 bits per heavy atom. The second-order valence-corrected chi connectivity index (χ2v) is 5.46. The Morgan fingerprint density at radius 1 is 1.30 bits per heavy atom. The maximum absolute atomic E-state index is 12.2. The molecule has 0 unspecified atom stereocenters. The molecule has 0 aliphatic carbocycles. The third kappa shape index (κ3) is 4.38. The lowest BCUT2D eigenvalue weighted by atomic mass is 9.99. The number of aromatic nitrogens is 3. The molecule has 122 valence electrons. The number of carboxylic acid groups (broad SMARTS) is 1. The molecule has 7 nitrogen and oxygen atoms in total. The third-order valence-corrected chi connectivity index (χ3v) is 3.72. The minimum absolute atomic E-state index is 0.107. The Labute approximate surface area is 134 Å². The lowest BCUT2D eigenvalue weighted by Gasteiger charge is -2.19. The van der Waals surface area contributed by atoms with Gasteiger partial charge in [-0.1, -0.05) is 55.8 Å². The summed E-state index contributed by atoms with van der Waals surface area (Å²) in [7, 11) is 0. The summed E-state index contributed by atoms with van der Waals surface area (Å²) in [6.07, 6.45) is 2.16. The molecule has 0 fully saturated rings. The van der Waals surface area contributed by atoms with Crippen molar-refractivity contribution in [3.63, 3.8) is 0 Å². The third-order valence-electron chi connectivity index (χ3n) is 3.72. The number of nitrogens with one attached hydrogen (secondary N) is 1. The molecule has 0 saturated carbocycles. The number of benzene rings is 1. The summed E-state index contributed by atoms with van der Waals surface area (Å²) in [6, 6.07) is 8.72. The van der Waals surface area contributed by atoms with E-state index < -0.39 is 17.9 Å². The highest BCUT2D eigenvalue weighted by Gasteiger charge is 2.26. The molecule has 0 saturated heterocycles. The Balaban J connectivity index is 2.04. The number of carboxylic acids is 1. The van der Waals surface area contributed by atoms with Gasteiger partial charge in [0.1, 0.15) is 6.04 Å². The summed E-state index contributed by atoms with van der Waals surface area (Å²) in [6.45, 7) is 4.16. The standard InChI is InChI=1S/C16H20N4O3/c1-3-11(2)14(16(22)23)17-15(21)13-10-20(19-18-13)9-12-7-5-4-6-8-12/h4-8,10-11,14H,3,9H2,1-2H3,(H,17,21)(H,22,23)/t11-,14-/m0/s1. The second kappa shape index (κ2) is 7.53. The summed E-state index contributed by atoms with van der Waals surface area (Å²) < 4.78 is 1.54. The zero-order valence-electron chi connectivity index (χ0n) is 13.1. The van der Waals surface area contributed by atoms with E-state index in [1.54, 1.807) is 11.6 Å². The lowest BCUT2D eigenvalue weighted by molar-refractivity contribution is -0.140. The van der Waals surface area contributed by atoms with Gasteiger partial charge in [0.15, 0.2) is 5.69 Å². The molecule has 0 bridgehead atoms. The molecular weight excluding hydrogens is 296 g/mol. The van der Waals surface area contributed by atoms with Crippen LogP contribution in [0.5, 0.6) is 0 Å². The average Bonchev–Trinajstić information content (AvgIpc) is 3.01. The van der Waals surface area contributed by atoms with Crippen LogP contribution in [0.1, 0.15) is 36.3 Å². The van der Waals surface area contributed by atoms with Crippen molar-refractivity contribution in [3.8, 4) is 0 Å². The molecule has 23 heavy (non-hydrogen) atoms. The number of carbonyl (C=O) groups excluding carboxylic acids is 1. The fourth-order valence-electron chi connectivity index (χ4n) is 2.15. The van der Waals surface area contributed by atoms with E-state index in [1.807, 2.05) is 37.3 Å². The van der Waals surface area contributed by atoms with Gasteiger partial charge in [-0.3, -0.25) is 4.79 Å². The van der Waals surface area contributed by atoms with Gasteiger partial charge in [0, 0.05) is 0 Å². The lowest BCUT2D eigenvalue weighted by Crippen LogP contribution is -2.45. The highest BCUT2D eigenvalue weighted by molar-refractivity contribution is 5.94. The van der Waals surface area contributed by atoms with Crippen molar-refractivity contribution in [2.45, 2.75) is 32.9 Å². The maximum Gasteiger partial charge on any atom is 0.326 e. The van der Waals surface area contributed by atoms with Gasteiger partial charge in [-0.15, -0.1) is 5.10 Å². The predicted octanol–water partition coefficient (Wildman–Crippen LogP) is 1.56. The van der Waals surface area contributed by atoms with Crippen LogP contribution in [-0.4, -0.2) is 38.0 Å².